The van der Waals surface area contributed by atoms with Gasteiger partial charge in [-0.2, -0.15) is 5.10 Å². The van der Waals surface area contributed by atoms with Crippen molar-refractivity contribution in [3.63, 3.8) is 0 Å². The molecule has 0 aliphatic heterocycles. The highest BCUT2D eigenvalue weighted by Crippen LogP contribution is 2.05. The summed E-state index contributed by atoms with van der Waals surface area (Å²) in [4.78, 5) is 36.3. The highest BCUT2D eigenvalue weighted by molar-refractivity contribution is 6.00. The number of aromatic hydroxyl groups is 1. The van der Waals surface area contributed by atoms with Gasteiger partial charge in [0, 0.05) is 0 Å². The van der Waals surface area contributed by atoms with Gasteiger partial charge in [-0.25, -0.2) is 15.0 Å². The Morgan fingerprint density at radius 3 is 2.56 bits per heavy atom. The second kappa shape index (κ2) is 4.29. The molecule has 1 rings (SSSR count). The number of aromatic nitrogens is 2. The van der Waals surface area contributed by atoms with Crippen molar-refractivity contribution in [2.24, 2.45) is 10.8 Å². The quantitative estimate of drug-likeness (QED) is 0.297. The number of carbonyl (C=O) groups is 1. The zero-order valence-electron chi connectivity index (χ0n) is 8.20. The highest BCUT2D eigenvalue weighted by Gasteiger charge is 2.11. The first-order valence-corrected chi connectivity index (χ1v) is 4.07. The summed E-state index contributed by atoms with van der Waals surface area (Å²) in [7, 11) is 0. The minimum Gasteiger partial charge on any atom is -0.494 e. The normalized spacial score (nSPS) is 11.2. The summed E-state index contributed by atoms with van der Waals surface area (Å²) in [5.74, 6) is -0.638. The van der Waals surface area contributed by atoms with E-state index in [1.54, 1.807) is 0 Å². The van der Waals surface area contributed by atoms with E-state index in [1.807, 2.05) is 15.4 Å². The fourth-order valence-corrected chi connectivity index (χ4v) is 1.00. The molecule has 1 aromatic rings. The number of H-pyrrole nitrogens is 2. The Balaban J connectivity index is 3.24. The van der Waals surface area contributed by atoms with Crippen LogP contribution in [0.25, 0.3) is 0 Å². The number of urea groups is 1. The van der Waals surface area contributed by atoms with Crippen LogP contribution in [-0.4, -0.2) is 26.8 Å². The third-order valence-corrected chi connectivity index (χ3v) is 1.62. The molecule has 0 spiro atoms. The number of nitrogens with one attached hydrogen (secondary N) is 3. The Kier molecular flexibility index (Phi) is 3.09. The molecule has 0 aliphatic carbocycles. The van der Waals surface area contributed by atoms with E-state index in [4.69, 9.17) is 5.73 Å². The zero-order valence-corrected chi connectivity index (χ0v) is 8.20. The molecule has 2 amide bonds. The lowest BCUT2D eigenvalue weighted by atomic mass is 10.2. The van der Waals surface area contributed by atoms with Crippen LogP contribution in [0.5, 0.6) is 5.88 Å². The number of hydrogen-bond acceptors (Lipinski definition) is 5. The summed E-state index contributed by atoms with van der Waals surface area (Å²) in [5.41, 5.74) is 4.71. The lowest BCUT2D eigenvalue weighted by Crippen LogP contribution is -2.29. The number of carbonyl (C=O) groups excluding carboxylic acids is 1. The van der Waals surface area contributed by atoms with Crippen molar-refractivity contribution in [2.45, 2.75) is 6.92 Å². The smallest absolute Gasteiger partial charge is 0.332 e. The molecular formula is C7H9N5O4. The second-order valence-electron chi connectivity index (χ2n) is 2.81. The molecule has 86 valence electrons. The van der Waals surface area contributed by atoms with Gasteiger partial charge < -0.3 is 10.8 Å². The summed E-state index contributed by atoms with van der Waals surface area (Å²) in [5, 5.41) is 12.7. The Morgan fingerprint density at radius 2 is 2.06 bits per heavy atom. The van der Waals surface area contributed by atoms with Crippen LogP contribution < -0.4 is 22.4 Å². The summed E-state index contributed by atoms with van der Waals surface area (Å²) in [6.45, 7) is 1.35. The Morgan fingerprint density at radius 1 is 1.44 bits per heavy atom. The van der Waals surface area contributed by atoms with Crippen molar-refractivity contribution in [3.05, 3.63) is 26.4 Å². The molecule has 0 unspecified atom stereocenters. The van der Waals surface area contributed by atoms with E-state index in [-0.39, 0.29) is 11.3 Å². The van der Waals surface area contributed by atoms with Crippen LogP contribution >= 0.6 is 0 Å². The molecule has 0 radical (unpaired) electrons. The maximum atomic E-state index is 11.3. The molecular weight excluding hydrogens is 218 g/mol. The molecule has 16 heavy (non-hydrogen) atoms. The largest absolute Gasteiger partial charge is 0.494 e. The van der Waals surface area contributed by atoms with E-state index in [9.17, 15) is 19.5 Å². The van der Waals surface area contributed by atoms with Crippen molar-refractivity contribution >= 4 is 11.7 Å². The Bertz CT molecular complexity index is 555. The van der Waals surface area contributed by atoms with Crippen LogP contribution in [0.2, 0.25) is 0 Å². The van der Waals surface area contributed by atoms with Crippen molar-refractivity contribution in [3.8, 4) is 5.88 Å². The highest BCUT2D eigenvalue weighted by atomic mass is 16.3. The topological polar surface area (TPSA) is 153 Å². The molecule has 0 aliphatic rings. The van der Waals surface area contributed by atoms with Gasteiger partial charge in [0.1, 0.15) is 5.56 Å². The first-order valence-electron chi connectivity index (χ1n) is 4.07. The third-order valence-electron chi connectivity index (χ3n) is 1.62. The van der Waals surface area contributed by atoms with E-state index < -0.39 is 23.2 Å². The molecule has 0 bridgehead atoms. The zero-order chi connectivity index (χ0) is 12.3. The monoisotopic (exact) mass is 227 g/mol. The van der Waals surface area contributed by atoms with Gasteiger partial charge in [0.25, 0.3) is 5.56 Å². The molecule has 0 aromatic carbocycles. The fourth-order valence-electron chi connectivity index (χ4n) is 1.00. The SMILES string of the molecule is CC(=NNC(N)=O)c1c(O)[nH]c(=O)[nH]c1=O. The fraction of sp³-hybridized carbons (Fsp3) is 0.143. The van der Waals surface area contributed by atoms with E-state index in [2.05, 4.69) is 5.10 Å². The van der Waals surface area contributed by atoms with Gasteiger partial charge in [-0.15, -0.1) is 0 Å². The number of nitrogens with zero attached hydrogens (tertiary/aromatic N) is 1. The van der Waals surface area contributed by atoms with Crippen molar-refractivity contribution < 1.29 is 9.90 Å². The van der Waals surface area contributed by atoms with Gasteiger partial charge >= 0.3 is 11.7 Å². The van der Waals surface area contributed by atoms with E-state index in [1.165, 1.54) is 6.92 Å². The minimum absolute atomic E-state index is 0.00574. The van der Waals surface area contributed by atoms with Crippen LogP contribution in [0.15, 0.2) is 14.7 Å². The predicted octanol–water partition coefficient (Wildman–Crippen LogP) is -1.84. The van der Waals surface area contributed by atoms with Crippen LogP contribution in [-0.2, 0) is 0 Å². The van der Waals surface area contributed by atoms with Gasteiger partial charge in [-0.1, -0.05) is 0 Å². The van der Waals surface area contributed by atoms with Gasteiger partial charge in [-0.05, 0) is 6.92 Å². The van der Waals surface area contributed by atoms with E-state index in [0.29, 0.717) is 0 Å². The first kappa shape index (κ1) is 11.5. The molecule has 1 aromatic heterocycles. The van der Waals surface area contributed by atoms with Gasteiger partial charge in [0.15, 0.2) is 0 Å². The standard InChI is InChI=1S/C7H9N5O4/c1-2(11-12-6(8)15)3-4(13)9-7(16)10-5(3)14/h1H3,(H3,8,12,15)(H3,9,10,13,14,16). The Hall–Kier alpha value is -2.58. The number of aromatic amines is 2. The number of hydrazone groups is 1. The Labute approximate surface area is 88.0 Å². The summed E-state index contributed by atoms with van der Waals surface area (Å²) in [6.07, 6.45) is 0. The van der Waals surface area contributed by atoms with Crippen LogP contribution in [0.4, 0.5) is 4.79 Å². The predicted molar refractivity (Wildman–Crippen MR) is 54.3 cm³/mol. The van der Waals surface area contributed by atoms with Crippen LogP contribution in [0.1, 0.15) is 12.5 Å². The average Bonchev–Trinajstić information content (AvgIpc) is 2.12. The maximum Gasteiger partial charge on any atom is 0.332 e. The average molecular weight is 227 g/mol. The van der Waals surface area contributed by atoms with Gasteiger partial charge in [0.2, 0.25) is 5.88 Å². The first-order chi connectivity index (χ1) is 7.41. The molecule has 9 heteroatoms. The lowest BCUT2D eigenvalue weighted by Gasteiger charge is -2.01. The summed E-state index contributed by atoms with van der Waals surface area (Å²) in [6, 6.07) is -0.917. The van der Waals surface area contributed by atoms with Crippen LogP contribution in [0, 0.1) is 0 Å². The maximum absolute atomic E-state index is 11.3. The molecule has 0 atom stereocenters. The van der Waals surface area contributed by atoms with Gasteiger partial charge in [-0.3, -0.25) is 14.8 Å². The number of amides is 2. The number of rotatable bonds is 2. The van der Waals surface area contributed by atoms with Crippen molar-refractivity contribution in [1.82, 2.24) is 15.4 Å². The number of nitrogens with two attached hydrogens (primary N) is 1. The van der Waals surface area contributed by atoms with E-state index in [0.717, 1.165) is 0 Å². The minimum atomic E-state index is -0.917. The molecule has 0 fully saturated rings. The van der Waals surface area contributed by atoms with E-state index >= 15 is 0 Å². The number of hydrogen-bond donors (Lipinski definition) is 5. The van der Waals surface area contributed by atoms with Crippen molar-refractivity contribution in [1.29, 1.82) is 0 Å². The summed E-state index contributed by atoms with van der Waals surface area (Å²) < 4.78 is 0. The van der Waals surface area contributed by atoms with Gasteiger partial charge in [0.05, 0.1) is 5.71 Å². The summed E-state index contributed by atoms with van der Waals surface area (Å²) >= 11 is 0. The molecule has 0 saturated heterocycles. The second-order valence-corrected chi connectivity index (χ2v) is 2.81. The molecule has 1 heterocycles. The lowest BCUT2D eigenvalue weighted by molar-refractivity contribution is 0.249. The molecule has 0 saturated carbocycles. The van der Waals surface area contributed by atoms with Crippen LogP contribution in [0.3, 0.4) is 0 Å². The number of primary amides is 1. The molecule has 9 nitrogen and oxygen atoms in total. The third kappa shape index (κ3) is 2.47. The molecule has 6 N–H and O–H groups in total. The van der Waals surface area contributed by atoms with Crippen molar-refractivity contribution in [2.75, 3.05) is 0 Å².